The zero-order valence-electron chi connectivity index (χ0n) is 17.7. The van der Waals surface area contributed by atoms with E-state index < -0.39 is 0 Å². The van der Waals surface area contributed by atoms with E-state index >= 15 is 0 Å². The zero-order valence-corrected chi connectivity index (χ0v) is 18.5. The van der Waals surface area contributed by atoms with Gasteiger partial charge >= 0.3 is 0 Å². The summed E-state index contributed by atoms with van der Waals surface area (Å²) in [5.74, 6) is 1.81. The maximum absolute atomic E-state index is 12.4. The summed E-state index contributed by atoms with van der Waals surface area (Å²) in [6.07, 6.45) is 5.84. The van der Waals surface area contributed by atoms with E-state index in [2.05, 4.69) is 5.32 Å². The van der Waals surface area contributed by atoms with Crippen LogP contribution in [0.2, 0.25) is 0 Å². The first-order valence-corrected chi connectivity index (χ1v) is 11.6. The van der Waals surface area contributed by atoms with Gasteiger partial charge in [0.05, 0.1) is 17.2 Å². The van der Waals surface area contributed by atoms with Crippen LogP contribution in [0, 0.1) is 6.92 Å². The second-order valence-corrected chi connectivity index (χ2v) is 8.73. The summed E-state index contributed by atoms with van der Waals surface area (Å²) in [5.41, 5.74) is 1.78. The fraction of sp³-hybridized carbons (Fsp3) is 0.417. The zero-order chi connectivity index (χ0) is 21.3. The molecule has 2 aromatic carbocycles. The van der Waals surface area contributed by atoms with Crippen molar-refractivity contribution in [2.45, 2.75) is 45.1 Å². The van der Waals surface area contributed by atoms with Crippen LogP contribution < -0.4 is 10.1 Å². The molecule has 0 bridgehead atoms. The third kappa shape index (κ3) is 6.52. The maximum atomic E-state index is 12.4. The lowest BCUT2D eigenvalue weighted by Gasteiger charge is -2.31. The van der Waals surface area contributed by atoms with Gasteiger partial charge < -0.3 is 15.0 Å². The molecule has 0 unspecified atom stereocenters. The fourth-order valence-corrected chi connectivity index (χ4v) is 4.32. The van der Waals surface area contributed by atoms with Crippen LogP contribution in [0.25, 0.3) is 0 Å². The van der Waals surface area contributed by atoms with Gasteiger partial charge in [0.25, 0.3) is 0 Å². The smallest absolute Gasteiger partial charge is 0.234 e. The molecule has 5 nitrogen and oxygen atoms in total. The molecule has 0 aromatic heterocycles. The standard InChI is InChI=1S/C24H30N2O3S/c1-18-12-14-20(15-13-18)29-22-11-7-6-10-21(22)25-23(27)16-30-17-24(28)26(2)19-8-4-3-5-9-19/h6-7,10-15,19H,3-5,8-9,16-17H2,1-2H3,(H,25,27). The molecule has 1 aliphatic rings. The van der Waals surface area contributed by atoms with E-state index in [0.717, 1.165) is 18.4 Å². The Labute approximate surface area is 183 Å². The van der Waals surface area contributed by atoms with E-state index in [0.29, 0.717) is 29.0 Å². The first-order chi connectivity index (χ1) is 14.5. The lowest BCUT2D eigenvalue weighted by Crippen LogP contribution is -2.39. The molecule has 0 atom stereocenters. The number of hydrogen-bond donors (Lipinski definition) is 1. The number of nitrogens with one attached hydrogen (secondary N) is 1. The van der Waals surface area contributed by atoms with Crippen LogP contribution in [0.5, 0.6) is 11.5 Å². The number of carbonyl (C=O) groups is 2. The number of ether oxygens (including phenoxy) is 1. The number of para-hydroxylation sites is 2. The average molecular weight is 427 g/mol. The van der Waals surface area contributed by atoms with E-state index in [4.69, 9.17) is 4.74 Å². The van der Waals surface area contributed by atoms with E-state index in [1.165, 1.54) is 31.0 Å². The van der Waals surface area contributed by atoms with Crippen molar-refractivity contribution in [1.82, 2.24) is 4.90 Å². The highest BCUT2D eigenvalue weighted by Gasteiger charge is 2.22. The molecular formula is C24H30N2O3S. The Morgan fingerprint density at radius 3 is 2.47 bits per heavy atom. The topological polar surface area (TPSA) is 58.6 Å². The van der Waals surface area contributed by atoms with Gasteiger partial charge in [0, 0.05) is 13.1 Å². The molecule has 160 valence electrons. The molecule has 0 aliphatic heterocycles. The van der Waals surface area contributed by atoms with Crippen molar-refractivity contribution in [3.8, 4) is 11.5 Å². The van der Waals surface area contributed by atoms with Gasteiger partial charge in [0.2, 0.25) is 11.8 Å². The van der Waals surface area contributed by atoms with Gasteiger partial charge in [-0.2, -0.15) is 0 Å². The van der Waals surface area contributed by atoms with E-state index in [9.17, 15) is 9.59 Å². The normalized spacial score (nSPS) is 14.2. The number of nitrogens with zero attached hydrogens (tertiary/aromatic N) is 1. The van der Waals surface area contributed by atoms with Gasteiger partial charge in [-0.1, -0.05) is 49.1 Å². The molecular weight excluding hydrogens is 396 g/mol. The monoisotopic (exact) mass is 426 g/mol. The summed E-state index contributed by atoms with van der Waals surface area (Å²) in [4.78, 5) is 26.7. The fourth-order valence-electron chi connectivity index (χ4n) is 3.58. The molecule has 1 N–H and O–H groups in total. The Balaban J connectivity index is 1.48. The molecule has 0 radical (unpaired) electrons. The van der Waals surface area contributed by atoms with Crippen molar-refractivity contribution in [1.29, 1.82) is 0 Å². The van der Waals surface area contributed by atoms with Gasteiger partial charge in [0.1, 0.15) is 5.75 Å². The van der Waals surface area contributed by atoms with Gasteiger partial charge in [-0.25, -0.2) is 0 Å². The molecule has 3 rings (SSSR count). The van der Waals surface area contributed by atoms with Gasteiger partial charge in [-0.05, 0) is 44.0 Å². The summed E-state index contributed by atoms with van der Waals surface area (Å²) in [7, 11) is 1.89. The minimum absolute atomic E-state index is 0.0998. The van der Waals surface area contributed by atoms with Crippen molar-refractivity contribution in [3.05, 3.63) is 54.1 Å². The number of anilines is 1. The van der Waals surface area contributed by atoms with Gasteiger partial charge in [0.15, 0.2) is 5.75 Å². The van der Waals surface area contributed by atoms with E-state index in [1.54, 1.807) is 0 Å². The third-order valence-electron chi connectivity index (χ3n) is 5.38. The number of rotatable bonds is 8. The second-order valence-electron chi connectivity index (χ2n) is 7.75. The van der Waals surface area contributed by atoms with Crippen LogP contribution in [-0.4, -0.2) is 41.3 Å². The van der Waals surface area contributed by atoms with Crippen LogP contribution >= 0.6 is 11.8 Å². The number of thioether (sulfide) groups is 1. The molecule has 0 spiro atoms. The predicted octanol–water partition coefficient (Wildman–Crippen LogP) is 5.25. The molecule has 0 heterocycles. The second kappa shape index (κ2) is 11.1. The van der Waals surface area contributed by atoms with Gasteiger partial charge in [-0.3, -0.25) is 9.59 Å². The Hall–Kier alpha value is -2.47. The van der Waals surface area contributed by atoms with Crippen molar-refractivity contribution >= 4 is 29.3 Å². The van der Waals surface area contributed by atoms with Crippen LogP contribution in [0.15, 0.2) is 48.5 Å². The minimum atomic E-state index is -0.145. The third-order valence-corrected chi connectivity index (χ3v) is 6.30. The predicted molar refractivity (Wildman–Crippen MR) is 123 cm³/mol. The van der Waals surface area contributed by atoms with Crippen LogP contribution in [0.3, 0.4) is 0 Å². The van der Waals surface area contributed by atoms with Crippen LogP contribution in [0.1, 0.15) is 37.7 Å². The quantitative estimate of drug-likeness (QED) is 0.626. The summed E-state index contributed by atoms with van der Waals surface area (Å²) < 4.78 is 5.92. The molecule has 2 aromatic rings. The average Bonchev–Trinajstić information content (AvgIpc) is 2.76. The van der Waals surface area contributed by atoms with Crippen LogP contribution in [0.4, 0.5) is 5.69 Å². The van der Waals surface area contributed by atoms with Crippen molar-refractivity contribution in [3.63, 3.8) is 0 Å². The highest BCUT2D eigenvalue weighted by molar-refractivity contribution is 8.00. The maximum Gasteiger partial charge on any atom is 0.234 e. The lowest BCUT2D eigenvalue weighted by atomic mass is 9.94. The summed E-state index contributed by atoms with van der Waals surface area (Å²) in [6, 6.07) is 15.5. The first-order valence-electron chi connectivity index (χ1n) is 10.5. The molecule has 0 saturated heterocycles. The van der Waals surface area contributed by atoms with E-state index in [1.807, 2.05) is 67.4 Å². The summed E-state index contributed by atoms with van der Waals surface area (Å²) in [6.45, 7) is 2.02. The Kier molecular flexibility index (Phi) is 8.20. The number of carbonyl (C=O) groups excluding carboxylic acids is 2. The number of benzene rings is 2. The molecule has 1 aliphatic carbocycles. The molecule has 6 heteroatoms. The molecule has 1 saturated carbocycles. The number of amides is 2. The Morgan fingerprint density at radius 2 is 1.73 bits per heavy atom. The van der Waals surface area contributed by atoms with Gasteiger partial charge in [-0.15, -0.1) is 11.8 Å². The summed E-state index contributed by atoms with van der Waals surface area (Å²) in [5, 5.41) is 2.90. The molecule has 1 fully saturated rings. The minimum Gasteiger partial charge on any atom is -0.455 e. The number of hydrogen-bond acceptors (Lipinski definition) is 4. The van der Waals surface area contributed by atoms with Crippen molar-refractivity contribution in [2.24, 2.45) is 0 Å². The molecule has 2 amide bonds. The van der Waals surface area contributed by atoms with Crippen molar-refractivity contribution in [2.75, 3.05) is 23.9 Å². The highest BCUT2D eigenvalue weighted by Crippen LogP contribution is 2.29. The highest BCUT2D eigenvalue weighted by atomic mass is 32.2. The first kappa shape index (κ1) is 22.2. The van der Waals surface area contributed by atoms with Crippen LogP contribution in [-0.2, 0) is 9.59 Å². The SMILES string of the molecule is Cc1ccc(Oc2ccccc2NC(=O)CSCC(=O)N(C)C2CCCCC2)cc1. The lowest BCUT2D eigenvalue weighted by molar-refractivity contribution is -0.129. The van der Waals surface area contributed by atoms with Crippen molar-refractivity contribution < 1.29 is 14.3 Å². The largest absolute Gasteiger partial charge is 0.455 e. The number of aryl methyl sites for hydroxylation is 1. The Morgan fingerprint density at radius 1 is 1.03 bits per heavy atom. The summed E-state index contributed by atoms with van der Waals surface area (Å²) >= 11 is 1.35. The molecule has 30 heavy (non-hydrogen) atoms. The Bertz CT molecular complexity index is 848. The van der Waals surface area contributed by atoms with E-state index in [-0.39, 0.29) is 17.6 Å².